The van der Waals surface area contributed by atoms with Crippen molar-refractivity contribution in [3.8, 4) is 45.3 Å². The molecule has 1 heterocycles. The zero-order chi connectivity index (χ0) is 30.1. The number of nitrogens with zero attached hydrogens (tertiary/aromatic N) is 3. The first-order valence-electron chi connectivity index (χ1n) is 15.3. The Labute approximate surface area is 258 Å². The van der Waals surface area contributed by atoms with Crippen molar-refractivity contribution in [1.29, 1.82) is 0 Å². The van der Waals surface area contributed by atoms with E-state index in [2.05, 4.69) is 119 Å². The first kappa shape index (κ1) is 26.5. The van der Waals surface area contributed by atoms with E-state index in [1.165, 1.54) is 43.8 Å². The topological polar surface area (TPSA) is 38.7 Å². The summed E-state index contributed by atoms with van der Waals surface area (Å²) in [7, 11) is 0. The Morgan fingerprint density at radius 2 is 0.955 bits per heavy atom. The molecule has 6 aromatic carbocycles. The molecule has 0 amide bonds. The molecule has 3 nitrogen and oxygen atoms in total. The summed E-state index contributed by atoms with van der Waals surface area (Å²) in [4.78, 5) is 15.0. The summed E-state index contributed by atoms with van der Waals surface area (Å²) in [5.41, 5.74) is 8.01. The van der Waals surface area contributed by atoms with Gasteiger partial charge >= 0.3 is 0 Å². The summed E-state index contributed by atoms with van der Waals surface area (Å²) in [6.07, 6.45) is 0. The summed E-state index contributed by atoms with van der Waals surface area (Å²) in [6.45, 7) is 9.54. The molecule has 1 aliphatic rings. The number of benzene rings is 6. The van der Waals surface area contributed by atoms with Crippen molar-refractivity contribution in [3.05, 3.63) is 139 Å². The lowest BCUT2D eigenvalue weighted by molar-refractivity contribution is 0.299. The minimum absolute atomic E-state index is 0.122. The molecule has 8 rings (SSSR count). The van der Waals surface area contributed by atoms with Crippen molar-refractivity contribution in [3.63, 3.8) is 0 Å². The average molecular weight is 568 g/mol. The van der Waals surface area contributed by atoms with E-state index in [9.17, 15) is 0 Å². The highest BCUT2D eigenvalue weighted by atomic mass is 15.0. The van der Waals surface area contributed by atoms with Crippen molar-refractivity contribution in [2.45, 2.75) is 38.5 Å². The van der Waals surface area contributed by atoms with Crippen LogP contribution >= 0.6 is 0 Å². The quantitative estimate of drug-likeness (QED) is 0.199. The lowest BCUT2D eigenvalue weighted by atomic mass is 9.55. The standard InChI is InChI=1S/C41H33N3/c1-40(2)33-24-22-27-20-19-26-13-11-12-18-31(26)35(27)36(33)32-23-21-30(25-34(32)41(40,3)4)39-43-37(28-14-7-5-8-15-28)42-38(44-39)29-16-9-6-10-17-29/h5-25H,1-4H3. The van der Waals surface area contributed by atoms with Crippen LogP contribution in [-0.4, -0.2) is 15.0 Å². The van der Waals surface area contributed by atoms with E-state index in [4.69, 9.17) is 15.0 Å². The highest BCUT2D eigenvalue weighted by Crippen LogP contribution is 2.56. The van der Waals surface area contributed by atoms with Crippen molar-refractivity contribution in [2.75, 3.05) is 0 Å². The van der Waals surface area contributed by atoms with Crippen molar-refractivity contribution >= 4 is 21.5 Å². The van der Waals surface area contributed by atoms with Gasteiger partial charge in [0, 0.05) is 16.7 Å². The molecule has 0 saturated carbocycles. The van der Waals surface area contributed by atoms with Gasteiger partial charge < -0.3 is 0 Å². The minimum Gasteiger partial charge on any atom is -0.208 e. The number of fused-ring (bicyclic) bond motifs is 7. The number of hydrogen-bond acceptors (Lipinski definition) is 3. The largest absolute Gasteiger partial charge is 0.208 e. The Kier molecular flexibility index (Phi) is 5.83. The van der Waals surface area contributed by atoms with E-state index in [0.717, 1.165) is 16.7 Å². The third-order valence-electron chi connectivity index (χ3n) is 10.1. The second kappa shape index (κ2) is 9.68. The molecule has 1 aliphatic carbocycles. The Balaban J connectivity index is 1.40. The third-order valence-corrected chi connectivity index (χ3v) is 10.1. The highest BCUT2D eigenvalue weighted by Gasteiger charge is 2.46. The van der Waals surface area contributed by atoms with Gasteiger partial charge in [-0.2, -0.15) is 0 Å². The molecular weight excluding hydrogens is 534 g/mol. The molecule has 0 bridgehead atoms. The molecule has 0 aliphatic heterocycles. The van der Waals surface area contributed by atoms with E-state index in [1.807, 2.05) is 36.4 Å². The summed E-state index contributed by atoms with van der Waals surface area (Å²) in [5, 5.41) is 5.16. The van der Waals surface area contributed by atoms with Crippen molar-refractivity contribution < 1.29 is 0 Å². The Bertz CT molecular complexity index is 2160. The maximum absolute atomic E-state index is 5.05. The molecule has 0 radical (unpaired) electrons. The zero-order valence-corrected chi connectivity index (χ0v) is 25.5. The fourth-order valence-corrected chi connectivity index (χ4v) is 6.93. The SMILES string of the molecule is CC1(C)c2cc(-c3nc(-c4ccccc4)nc(-c4ccccc4)n3)ccc2-c2c(ccc3ccc4ccccc4c23)C1(C)C. The molecule has 0 saturated heterocycles. The second-order valence-electron chi connectivity index (χ2n) is 12.9. The predicted molar refractivity (Wildman–Crippen MR) is 183 cm³/mol. The second-order valence-corrected chi connectivity index (χ2v) is 12.9. The normalized spacial score (nSPS) is 14.7. The molecule has 44 heavy (non-hydrogen) atoms. The minimum atomic E-state index is -0.152. The molecule has 0 spiro atoms. The zero-order valence-electron chi connectivity index (χ0n) is 25.5. The molecule has 3 heteroatoms. The van der Waals surface area contributed by atoms with Gasteiger partial charge in [0.2, 0.25) is 0 Å². The van der Waals surface area contributed by atoms with E-state index in [1.54, 1.807) is 0 Å². The third kappa shape index (κ3) is 3.92. The molecule has 0 unspecified atom stereocenters. The van der Waals surface area contributed by atoms with Crippen LogP contribution < -0.4 is 0 Å². The van der Waals surface area contributed by atoms with Gasteiger partial charge in [-0.25, -0.2) is 15.0 Å². The summed E-state index contributed by atoms with van der Waals surface area (Å²) >= 11 is 0. The van der Waals surface area contributed by atoms with E-state index >= 15 is 0 Å². The van der Waals surface area contributed by atoms with Crippen LogP contribution in [0.4, 0.5) is 0 Å². The Morgan fingerprint density at radius 3 is 1.61 bits per heavy atom. The first-order chi connectivity index (χ1) is 21.3. The first-order valence-corrected chi connectivity index (χ1v) is 15.3. The number of hydrogen-bond donors (Lipinski definition) is 0. The van der Waals surface area contributed by atoms with Crippen LogP contribution in [0.15, 0.2) is 127 Å². The summed E-state index contributed by atoms with van der Waals surface area (Å²) < 4.78 is 0. The molecule has 1 aromatic heterocycles. The van der Waals surface area contributed by atoms with E-state index in [-0.39, 0.29) is 10.8 Å². The van der Waals surface area contributed by atoms with Crippen LogP contribution in [-0.2, 0) is 10.8 Å². The van der Waals surface area contributed by atoms with Crippen LogP contribution in [0.3, 0.4) is 0 Å². The van der Waals surface area contributed by atoms with Crippen LogP contribution in [0.5, 0.6) is 0 Å². The van der Waals surface area contributed by atoms with Gasteiger partial charge in [0.05, 0.1) is 0 Å². The average Bonchev–Trinajstić information content (AvgIpc) is 3.07. The van der Waals surface area contributed by atoms with Crippen LogP contribution in [0.2, 0.25) is 0 Å². The molecular formula is C41H33N3. The van der Waals surface area contributed by atoms with Crippen LogP contribution in [0.1, 0.15) is 38.8 Å². The lowest BCUT2D eigenvalue weighted by Crippen LogP contribution is -2.43. The summed E-state index contributed by atoms with van der Waals surface area (Å²) in [5.74, 6) is 2.03. The van der Waals surface area contributed by atoms with Gasteiger partial charge in [0.25, 0.3) is 0 Å². The van der Waals surface area contributed by atoms with E-state index in [0.29, 0.717) is 17.5 Å². The Hall–Kier alpha value is -5.15. The highest BCUT2D eigenvalue weighted by molar-refractivity contribution is 6.16. The van der Waals surface area contributed by atoms with Gasteiger partial charge in [-0.1, -0.05) is 149 Å². The van der Waals surface area contributed by atoms with Gasteiger partial charge in [0.1, 0.15) is 0 Å². The molecule has 0 N–H and O–H groups in total. The fourth-order valence-electron chi connectivity index (χ4n) is 6.93. The van der Waals surface area contributed by atoms with Crippen LogP contribution in [0.25, 0.3) is 66.8 Å². The predicted octanol–water partition coefficient (Wildman–Crippen LogP) is 10.4. The smallest absolute Gasteiger partial charge is 0.164 e. The van der Waals surface area contributed by atoms with Crippen molar-refractivity contribution in [2.24, 2.45) is 0 Å². The molecule has 7 aromatic rings. The van der Waals surface area contributed by atoms with Crippen molar-refractivity contribution in [1.82, 2.24) is 15.0 Å². The number of rotatable bonds is 3. The van der Waals surface area contributed by atoms with Crippen LogP contribution in [0, 0.1) is 0 Å². The monoisotopic (exact) mass is 567 g/mol. The van der Waals surface area contributed by atoms with Gasteiger partial charge in [-0.3, -0.25) is 0 Å². The molecule has 0 fully saturated rings. The maximum atomic E-state index is 5.05. The van der Waals surface area contributed by atoms with E-state index < -0.39 is 0 Å². The molecule has 212 valence electrons. The number of aromatic nitrogens is 3. The van der Waals surface area contributed by atoms with Gasteiger partial charge in [-0.15, -0.1) is 0 Å². The fraction of sp³-hybridized carbons (Fsp3) is 0.146. The summed E-state index contributed by atoms with van der Waals surface area (Å²) in [6, 6.07) is 45.1. The maximum Gasteiger partial charge on any atom is 0.164 e. The lowest BCUT2D eigenvalue weighted by Gasteiger charge is -2.48. The Morgan fingerprint density at radius 1 is 0.432 bits per heavy atom. The van der Waals surface area contributed by atoms with Gasteiger partial charge in [0.15, 0.2) is 17.5 Å². The van der Waals surface area contributed by atoms with Gasteiger partial charge in [-0.05, 0) is 60.7 Å². The molecule has 0 atom stereocenters.